The predicted octanol–water partition coefficient (Wildman–Crippen LogP) is 6.01. The molecule has 31 heavy (non-hydrogen) atoms. The van der Waals surface area contributed by atoms with Crippen molar-refractivity contribution in [2.45, 2.75) is 20.8 Å². The van der Waals surface area contributed by atoms with Gasteiger partial charge in [0.1, 0.15) is 11.5 Å². The quantitative estimate of drug-likeness (QED) is 0.363. The Morgan fingerprint density at radius 2 is 1.74 bits per heavy atom. The lowest BCUT2D eigenvalue weighted by molar-refractivity contribution is 0.584. The minimum atomic E-state index is -0.720. The minimum absolute atomic E-state index is 0.0559. The van der Waals surface area contributed by atoms with E-state index in [1.807, 2.05) is 30.5 Å². The topological polar surface area (TPSA) is 42.5 Å². The highest BCUT2D eigenvalue weighted by atomic mass is 32.1. The summed E-state index contributed by atoms with van der Waals surface area (Å²) in [6.45, 7) is 6.01. The number of rotatable bonds is 4. The zero-order valence-electron chi connectivity index (χ0n) is 17.3. The number of aryl methyl sites for hydroxylation is 2. The monoisotopic (exact) mass is 434 g/mol. The second-order valence-corrected chi connectivity index (χ2v) is 7.98. The molecule has 4 nitrogen and oxygen atoms in total. The first kappa shape index (κ1) is 20.8. The van der Waals surface area contributed by atoms with Gasteiger partial charge in [0.05, 0.1) is 11.4 Å². The highest BCUT2D eigenvalue weighted by Gasteiger charge is 2.11. The van der Waals surface area contributed by atoms with Crippen molar-refractivity contribution in [2.75, 3.05) is 0 Å². The molecule has 0 saturated heterocycles. The van der Waals surface area contributed by atoms with E-state index in [-0.39, 0.29) is 5.69 Å². The van der Waals surface area contributed by atoms with Gasteiger partial charge in [0.15, 0.2) is 5.82 Å². The maximum atomic E-state index is 14.2. The molecule has 4 aromatic rings. The fraction of sp³-hybridized carbons (Fsp3) is 0.125. The molecular formula is C24H20F2N4S. The number of thiazole rings is 1. The van der Waals surface area contributed by atoms with E-state index >= 15 is 0 Å². The largest absolute Gasteiger partial charge is 0.265 e. The van der Waals surface area contributed by atoms with Crippen LogP contribution in [0, 0.1) is 25.5 Å². The van der Waals surface area contributed by atoms with Crippen LogP contribution in [0.15, 0.2) is 76.4 Å². The molecule has 2 aromatic heterocycles. The van der Waals surface area contributed by atoms with E-state index in [0.717, 1.165) is 34.2 Å². The Labute approximate surface area is 182 Å². The van der Waals surface area contributed by atoms with Gasteiger partial charge in [-0.3, -0.25) is 4.98 Å². The summed E-state index contributed by atoms with van der Waals surface area (Å²) < 4.78 is 29.3. The van der Waals surface area contributed by atoms with Crippen molar-refractivity contribution in [3.63, 3.8) is 0 Å². The average molecular weight is 435 g/mol. The summed E-state index contributed by atoms with van der Waals surface area (Å²) in [5.41, 5.74) is 5.90. The number of hydrogen-bond donors (Lipinski definition) is 0. The van der Waals surface area contributed by atoms with Gasteiger partial charge in [-0.15, -0.1) is 11.3 Å². The fourth-order valence-corrected chi connectivity index (χ4v) is 3.89. The van der Waals surface area contributed by atoms with Crippen LogP contribution in [-0.2, 0) is 0 Å². The van der Waals surface area contributed by atoms with Crippen molar-refractivity contribution in [2.24, 2.45) is 10.1 Å². The molecule has 2 heterocycles. The molecule has 0 atom stereocenters. The lowest BCUT2D eigenvalue weighted by atomic mass is 10.1. The molecular weight excluding hydrogens is 414 g/mol. The molecule has 0 aliphatic carbocycles. The highest BCUT2D eigenvalue weighted by molar-refractivity contribution is 7.07. The summed E-state index contributed by atoms with van der Waals surface area (Å²) in [5.74, 6) is -1.36. The highest BCUT2D eigenvalue weighted by Crippen LogP contribution is 2.24. The fourth-order valence-electron chi connectivity index (χ4n) is 3.05. The molecule has 0 amide bonds. The maximum Gasteiger partial charge on any atom is 0.211 e. The van der Waals surface area contributed by atoms with Crippen LogP contribution in [0.5, 0.6) is 0 Å². The lowest BCUT2D eigenvalue weighted by Crippen LogP contribution is -2.14. The number of aromatic nitrogens is 2. The smallest absolute Gasteiger partial charge is 0.211 e. The summed E-state index contributed by atoms with van der Waals surface area (Å²) in [5, 5.41) is 6.72. The molecule has 2 aromatic carbocycles. The van der Waals surface area contributed by atoms with E-state index in [1.165, 1.54) is 29.0 Å². The zero-order chi connectivity index (χ0) is 22.0. The Morgan fingerprint density at radius 1 is 0.968 bits per heavy atom. The Kier molecular flexibility index (Phi) is 5.86. The molecule has 156 valence electrons. The molecule has 0 saturated carbocycles. The van der Waals surface area contributed by atoms with Gasteiger partial charge in [-0.05, 0) is 62.2 Å². The first-order chi connectivity index (χ1) is 14.9. The zero-order valence-corrected chi connectivity index (χ0v) is 18.1. The molecule has 0 aliphatic heterocycles. The SMILES string of the molecule is CC(=Nn1c(-c2ccc(C)c(C)c2)csc1=Nc1ccc(F)cc1F)c1ccncc1. The van der Waals surface area contributed by atoms with Crippen LogP contribution >= 0.6 is 11.3 Å². The van der Waals surface area contributed by atoms with Gasteiger partial charge in [-0.1, -0.05) is 12.1 Å². The maximum absolute atomic E-state index is 14.2. The van der Waals surface area contributed by atoms with Gasteiger partial charge in [0.2, 0.25) is 4.80 Å². The number of halogens is 2. The second kappa shape index (κ2) is 8.73. The molecule has 0 radical (unpaired) electrons. The minimum Gasteiger partial charge on any atom is -0.265 e. The predicted molar refractivity (Wildman–Crippen MR) is 121 cm³/mol. The van der Waals surface area contributed by atoms with Crippen molar-refractivity contribution in [3.8, 4) is 11.3 Å². The van der Waals surface area contributed by atoms with Crippen LogP contribution in [0.4, 0.5) is 14.5 Å². The molecule has 0 spiro atoms. The van der Waals surface area contributed by atoms with Gasteiger partial charge in [-0.2, -0.15) is 5.10 Å². The Balaban J connectivity index is 1.93. The molecule has 0 bridgehead atoms. The number of benzene rings is 2. The third kappa shape index (κ3) is 4.51. The average Bonchev–Trinajstić information content (AvgIpc) is 3.15. The van der Waals surface area contributed by atoms with Crippen LogP contribution < -0.4 is 4.80 Å². The van der Waals surface area contributed by atoms with Crippen LogP contribution in [0.3, 0.4) is 0 Å². The van der Waals surface area contributed by atoms with E-state index < -0.39 is 11.6 Å². The first-order valence-electron chi connectivity index (χ1n) is 9.66. The summed E-state index contributed by atoms with van der Waals surface area (Å²) in [7, 11) is 0. The van der Waals surface area contributed by atoms with Gasteiger partial charge in [0, 0.05) is 35.0 Å². The Bertz CT molecular complexity index is 1340. The first-order valence-corrected chi connectivity index (χ1v) is 10.5. The van der Waals surface area contributed by atoms with Crippen molar-refractivity contribution in [1.82, 2.24) is 9.66 Å². The van der Waals surface area contributed by atoms with Gasteiger partial charge < -0.3 is 0 Å². The van der Waals surface area contributed by atoms with E-state index in [1.54, 1.807) is 17.1 Å². The van der Waals surface area contributed by atoms with Crippen LogP contribution in [0.25, 0.3) is 11.3 Å². The molecule has 4 rings (SSSR count). The van der Waals surface area contributed by atoms with Gasteiger partial charge >= 0.3 is 0 Å². The normalized spacial score (nSPS) is 12.4. The van der Waals surface area contributed by atoms with Crippen molar-refractivity contribution < 1.29 is 8.78 Å². The summed E-state index contributed by atoms with van der Waals surface area (Å²) in [4.78, 5) is 8.96. The van der Waals surface area contributed by atoms with Gasteiger partial charge in [0.25, 0.3) is 0 Å². The second-order valence-electron chi connectivity index (χ2n) is 7.14. The summed E-state index contributed by atoms with van der Waals surface area (Å²) in [6.07, 6.45) is 3.41. The Hall–Kier alpha value is -3.45. The van der Waals surface area contributed by atoms with Gasteiger partial charge in [-0.25, -0.2) is 18.4 Å². The van der Waals surface area contributed by atoms with Crippen LogP contribution in [0.1, 0.15) is 23.6 Å². The van der Waals surface area contributed by atoms with Crippen molar-refractivity contribution in [3.05, 3.63) is 99.4 Å². The molecule has 0 unspecified atom stereocenters. The van der Waals surface area contributed by atoms with Crippen molar-refractivity contribution in [1.29, 1.82) is 0 Å². The van der Waals surface area contributed by atoms with E-state index in [4.69, 9.17) is 5.10 Å². The molecule has 0 N–H and O–H groups in total. The third-order valence-electron chi connectivity index (χ3n) is 4.96. The summed E-state index contributed by atoms with van der Waals surface area (Å²) >= 11 is 1.34. The van der Waals surface area contributed by atoms with Crippen molar-refractivity contribution >= 4 is 22.7 Å². The lowest BCUT2D eigenvalue weighted by Gasteiger charge is -2.08. The van der Waals surface area contributed by atoms with E-state index in [0.29, 0.717) is 4.80 Å². The third-order valence-corrected chi connectivity index (χ3v) is 5.78. The number of hydrogen-bond acceptors (Lipinski definition) is 4. The standard InChI is InChI=1S/C24H20F2N4S/c1-15-4-5-19(12-16(15)2)23-14-31-24(28-22-7-6-20(25)13-21(22)26)30(23)29-17(3)18-8-10-27-11-9-18/h4-14H,1-3H3. The molecule has 7 heteroatoms. The van der Waals surface area contributed by atoms with E-state index in [9.17, 15) is 8.78 Å². The number of nitrogens with zero attached hydrogens (tertiary/aromatic N) is 4. The van der Waals surface area contributed by atoms with Crippen LogP contribution in [-0.4, -0.2) is 15.4 Å². The van der Waals surface area contributed by atoms with Crippen LogP contribution in [0.2, 0.25) is 0 Å². The molecule has 0 fully saturated rings. The van der Waals surface area contributed by atoms with E-state index in [2.05, 4.69) is 36.0 Å². The Morgan fingerprint density at radius 3 is 2.45 bits per heavy atom. The summed E-state index contributed by atoms with van der Waals surface area (Å²) in [6, 6.07) is 13.3. The number of pyridine rings is 1. The molecule has 0 aliphatic rings.